The van der Waals surface area contributed by atoms with Crippen molar-refractivity contribution in [3.05, 3.63) is 21.1 Å². The molecule has 0 saturated carbocycles. The number of halogens is 1. The van der Waals surface area contributed by atoms with Gasteiger partial charge in [0.15, 0.2) is 0 Å². The van der Waals surface area contributed by atoms with Crippen LogP contribution in [-0.4, -0.2) is 5.11 Å². The zero-order valence-electron chi connectivity index (χ0n) is 5.91. The van der Waals surface area contributed by atoms with Crippen LogP contribution >= 0.6 is 46.6 Å². The Morgan fingerprint density at radius 2 is 2.17 bits per heavy atom. The Hall–Kier alpha value is 0.0600. The summed E-state index contributed by atoms with van der Waals surface area (Å²) in [5.41, 5.74) is 0. The minimum Gasteiger partial charge on any atom is -0.506 e. The van der Waals surface area contributed by atoms with Gasteiger partial charge in [-0.15, -0.1) is 24.0 Å². The van der Waals surface area contributed by atoms with Gasteiger partial charge in [-0.05, 0) is 34.7 Å². The summed E-state index contributed by atoms with van der Waals surface area (Å²) in [6.45, 7) is 0. The molecule has 0 radical (unpaired) electrons. The van der Waals surface area contributed by atoms with E-state index >= 15 is 0 Å². The number of phenolic OH excluding ortho intramolecular Hbond substituents is 1. The lowest BCUT2D eigenvalue weighted by atomic mass is 10.2. The normalized spacial score (nSPS) is 10.8. The van der Waals surface area contributed by atoms with E-state index < -0.39 is 0 Å². The van der Waals surface area contributed by atoms with Gasteiger partial charge in [-0.1, -0.05) is 0 Å². The highest BCUT2D eigenvalue weighted by Gasteiger charge is 2.05. The van der Waals surface area contributed by atoms with Crippen LogP contribution in [0.2, 0.25) is 0 Å². The van der Waals surface area contributed by atoms with E-state index in [1.807, 2.05) is 11.4 Å². The van der Waals surface area contributed by atoms with Gasteiger partial charge in [-0.25, -0.2) is 0 Å². The van der Waals surface area contributed by atoms with Crippen molar-refractivity contribution in [3.8, 4) is 5.75 Å². The minimum absolute atomic E-state index is 0.349. The number of hydrogen-bond donors (Lipinski definition) is 2. The predicted molar refractivity (Wildman–Crippen MR) is 63.5 cm³/mol. The monoisotopic (exact) mass is 308 g/mol. The van der Waals surface area contributed by atoms with Crippen LogP contribution in [0.15, 0.2) is 22.4 Å². The Balaban J connectivity index is 2.92. The zero-order valence-corrected chi connectivity index (χ0v) is 9.78. The maximum Gasteiger partial charge on any atom is 0.134 e. The van der Waals surface area contributed by atoms with Gasteiger partial charge in [0.05, 0.1) is 4.70 Å². The Morgan fingerprint density at radius 1 is 1.42 bits per heavy atom. The first-order chi connectivity index (χ1) is 5.68. The Kier molecular flexibility index (Phi) is 2.22. The maximum absolute atomic E-state index is 9.54. The van der Waals surface area contributed by atoms with Gasteiger partial charge in [0.25, 0.3) is 0 Å². The number of phenols is 1. The van der Waals surface area contributed by atoms with Crippen LogP contribution in [0.25, 0.3) is 10.1 Å². The van der Waals surface area contributed by atoms with Crippen molar-refractivity contribution < 1.29 is 5.11 Å². The summed E-state index contributed by atoms with van der Waals surface area (Å²) < 4.78 is 1.95. The molecular weight excluding hydrogens is 303 g/mol. The first-order valence-corrected chi connectivity index (χ1v) is 5.68. The molecule has 0 aliphatic heterocycles. The average Bonchev–Trinajstić information content (AvgIpc) is 2.33. The lowest BCUT2D eigenvalue weighted by Crippen LogP contribution is -1.71. The van der Waals surface area contributed by atoms with Gasteiger partial charge >= 0.3 is 0 Å². The van der Waals surface area contributed by atoms with Gasteiger partial charge in [0.1, 0.15) is 5.75 Å². The van der Waals surface area contributed by atoms with Gasteiger partial charge in [0.2, 0.25) is 0 Å². The molecule has 0 unspecified atom stereocenters. The highest BCUT2D eigenvalue weighted by atomic mass is 127. The van der Waals surface area contributed by atoms with Gasteiger partial charge in [0, 0.05) is 19.2 Å². The summed E-state index contributed by atoms with van der Waals surface area (Å²) in [5.74, 6) is 0.349. The van der Waals surface area contributed by atoms with Crippen LogP contribution in [0.1, 0.15) is 0 Å². The first-order valence-electron chi connectivity index (χ1n) is 3.27. The fraction of sp³-hybridized carbons (Fsp3) is 0. The van der Waals surface area contributed by atoms with Crippen LogP contribution in [0.4, 0.5) is 0 Å². The zero-order chi connectivity index (χ0) is 8.72. The molecule has 0 amide bonds. The molecule has 0 atom stereocenters. The van der Waals surface area contributed by atoms with Gasteiger partial charge in [-0.2, -0.15) is 0 Å². The molecular formula is C8H5IOS2. The topological polar surface area (TPSA) is 20.2 Å². The van der Waals surface area contributed by atoms with Crippen molar-refractivity contribution in [3.63, 3.8) is 0 Å². The van der Waals surface area contributed by atoms with Gasteiger partial charge in [-0.3, -0.25) is 0 Å². The number of fused-ring (bicyclic) bond motifs is 1. The second kappa shape index (κ2) is 3.08. The molecule has 0 aliphatic rings. The quantitative estimate of drug-likeness (QED) is 0.564. The van der Waals surface area contributed by atoms with Crippen LogP contribution in [0.5, 0.6) is 5.75 Å². The van der Waals surface area contributed by atoms with E-state index in [0.717, 1.165) is 18.6 Å². The van der Waals surface area contributed by atoms with Crippen LogP contribution in [0.3, 0.4) is 0 Å². The second-order valence-corrected chi connectivity index (χ2v) is 5.03. The number of thiol groups is 1. The maximum atomic E-state index is 9.54. The molecule has 0 spiro atoms. The van der Waals surface area contributed by atoms with Crippen LogP contribution in [0, 0.1) is 3.57 Å². The molecule has 2 aromatic rings. The van der Waals surface area contributed by atoms with Crippen molar-refractivity contribution in [1.82, 2.24) is 0 Å². The molecule has 1 aromatic heterocycles. The number of aromatic hydroxyl groups is 1. The lowest BCUT2D eigenvalue weighted by Gasteiger charge is -1.96. The Bertz CT molecular complexity index is 436. The van der Waals surface area contributed by atoms with E-state index in [1.165, 1.54) is 11.3 Å². The molecule has 0 bridgehead atoms. The number of hydrogen-bond acceptors (Lipinski definition) is 3. The smallest absolute Gasteiger partial charge is 0.134 e. The van der Waals surface area contributed by atoms with E-state index in [-0.39, 0.29) is 0 Å². The van der Waals surface area contributed by atoms with E-state index in [1.54, 1.807) is 6.07 Å². The van der Waals surface area contributed by atoms with Crippen LogP contribution < -0.4 is 0 Å². The van der Waals surface area contributed by atoms with E-state index in [0.29, 0.717) is 5.75 Å². The Morgan fingerprint density at radius 3 is 2.92 bits per heavy atom. The van der Waals surface area contributed by atoms with E-state index in [2.05, 4.69) is 35.2 Å². The molecule has 1 N–H and O–H groups in total. The molecule has 0 saturated heterocycles. The summed E-state index contributed by atoms with van der Waals surface area (Å²) in [6, 6.07) is 3.78. The molecule has 1 aromatic carbocycles. The molecule has 12 heavy (non-hydrogen) atoms. The average molecular weight is 308 g/mol. The molecule has 4 heteroatoms. The summed E-state index contributed by atoms with van der Waals surface area (Å²) in [5, 5.41) is 12.5. The van der Waals surface area contributed by atoms with Crippen molar-refractivity contribution in [2.75, 3.05) is 0 Å². The Labute approximate surface area is 93.0 Å². The SMILES string of the molecule is Oc1cc(I)cc2c(S)csc12. The van der Waals surface area contributed by atoms with E-state index in [9.17, 15) is 5.11 Å². The molecule has 62 valence electrons. The summed E-state index contributed by atoms with van der Waals surface area (Å²) in [6.07, 6.45) is 0. The molecule has 0 fully saturated rings. The summed E-state index contributed by atoms with van der Waals surface area (Å²) >= 11 is 7.99. The summed E-state index contributed by atoms with van der Waals surface area (Å²) in [4.78, 5) is 0.934. The van der Waals surface area contributed by atoms with Crippen molar-refractivity contribution in [2.24, 2.45) is 0 Å². The van der Waals surface area contributed by atoms with Crippen LogP contribution in [-0.2, 0) is 0 Å². The fourth-order valence-corrected chi connectivity index (χ4v) is 2.92. The predicted octanol–water partition coefficient (Wildman–Crippen LogP) is 3.50. The third-order valence-corrected chi connectivity index (χ3v) is 3.78. The standard InChI is InChI=1S/C8H5IOS2/c9-4-1-5-7(11)3-12-8(5)6(10)2-4/h1-3,10-11H. The second-order valence-electron chi connectivity index (χ2n) is 2.42. The highest BCUT2D eigenvalue weighted by molar-refractivity contribution is 14.1. The molecule has 1 heterocycles. The third-order valence-electron chi connectivity index (χ3n) is 1.60. The minimum atomic E-state index is 0.349. The number of thiophene rings is 1. The fourth-order valence-electron chi connectivity index (χ4n) is 1.07. The van der Waals surface area contributed by atoms with Gasteiger partial charge < -0.3 is 5.11 Å². The number of benzene rings is 1. The van der Waals surface area contributed by atoms with Crippen molar-refractivity contribution in [1.29, 1.82) is 0 Å². The van der Waals surface area contributed by atoms with Crippen molar-refractivity contribution in [2.45, 2.75) is 4.90 Å². The lowest BCUT2D eigenvalue weighted by molar-refractivity contribution is 0.482. The first kappa shape index (κ1) is 8.65. The largest absolute Gasteiger partial charge is 0.506 e. The summed E-state index contributed by atoms with van der Waals surface area (Å²) in [7, 11) is 0. The molecule has 1 nitrogen and oxygen atoms in total. The third kappa shape index (κ3) is 1.31. The highest BCUT2D eigenvalue weighted by Crippen LogP contribution is 2.36. The molecule has 0 aliphatic carbocycles. The molecule has 2 rings (SSSR count). The van der Waals surface area contributed by atoms with Crippen molar-refractivity contribution >= 4 is 56.6 Å². The number of rotatable bonds is 0. The van der Waals surface area contributed by atoms with E-state index in [4.69, 9.17) is 0 Å².